The molecule has 0 amide bonds. The SMILES string of the molecule is CCNC(c1ccc(OC(C)C)cc1)c1ncccc1C. The lowest BCUT2D eigenvalue weighted by molar-refractivity contribution is 0.242. The van der Waals surface area contributed by atoms with Gasteiger partial charge in [-0.25, -0.2) is 0 Å². The van der Waals surface area contributed by atoms with E-state index in [0.717, 1.165) is 18.0 Å². The van der Waals surface area contributed by atoms with Gasteiger partial charge in [-0.15, -0.1) is 0 Å². The molecule has 3 nitrogen and oxygen atoms in total. The Labute approximate surface area is 127 Å². The van der Waals surface area contributed by atoms with Gasteiger partial charge in [-0.2, -0.15) is 0 Å². The van der Waals surface area contributed by atoms with Crippen LogP contribution in [0.1, 0.15) is 43.6 Å². The second-order valence-electron chi connectivity index (χ2n) is 5.43. The number of nitrogens with zero attached hydrogens (tertiary/aromatic N) is 1. The zero-order chi connectivity index (χ0) is 15.2. The molecular formula is C18H24N2O. The third-order valence-electron chi connectivity index (χ3n) is 3.32. The molecule has 21 heavy (non-hydrogen) atoms. The molecule has 112 valence electrons. The van der Waals surface area contributed by atoms with E-state index in [1.165, 1.54) is 11.1 Å². The van der Waals surface area contributed by atoms with Crippen LogP contribution in [0.3, 0.4) is 0 Å². The number of aryl methyl sites for hydroxylation is 1. The van der Waals surface area contributed by atoms with Crippen molar-refractivity contribution in [3.63, 3.8) is 0 Å². The highest BCUT2D eigenvalue weighted by molar-refractivity contribution is 5.35. The summed E-state index contributed by atoms with van der Waals surface area (Å²) in [7, 11) is 0. The monoisotopic (exact) mass is 284 g/mol. The number of hydrogen-bond acceptors (Lipinski definition) is 3. The maximum Gasteiger partial charge on any atom is 0.119 e. The third kappa shape index (κ3) is 4.05. The van der Waals surface area contributed by atoms with Crippen LogP contribution >= 0.6 is 0 Å². The lowest BCUT2D eigenvalue weighted by Gasteiger charge is -2.20. The summed E-state index contributed by atoms with van der Waals surface area (Å²) in [4.78, 5) is 4.55. The number of ether oxygens (including phenoxy) is 1. The number of nitrogens with one attached hydrogen (secondary N) is 1. The third-order valence-corrected chi connectivity index (χ3v) is 3.32. The van der Waals surface area contributed by atoms with Crippen molar-refractivity contribution in [3.05, 3.63) is 59.4 Å². The van der Waals surface area contributed by atoms with Gasteiger partial charge < -0.3 is 10.1 Å². The number of rotatable bonds is 6. The highest BCUT2D eigenvalue weighted by atomic mass is 16.5. The summed E-state index contributed by atoms with van der Waals surface area (Å²) in [5.74, 6) is 0.904. The van der Waals surface area contributed by atoms with Crippen LogP contribution in [0.15, 0.2) is 42.6 Å². The van der Waals surface area contributed by atoms with Crippen LogP contribution in [0.4, 0.5) is 0 Å². The van der Waals surface area contributed by atoms with Crippen LogP contribution in [0.2, 0.25) is 0 Å². The van der Waals surface area contributed by atoms with Crippen molar-refractivity contribution in [2.75, 3.05) is 6.54 Å². The first-order valence-electron chi connectivity index (χ1n) is 7.53. The Morgan fingerprint density at radius 2 is 1.86 bits per heavy atom. The first-order chi connectivity index (χ1) is 10.1. The second kappa shape index (κ2) is 7.23. The summed E-state index contributed by atoms with van der Waals surface area (Å²) in [6.07, 6.45) is 2.04. The van der Waals surface area contributed by atoms with Crippen molar-refractivity contribution in [1.82, 2.24) is 10.3 Å². The van der Waals surface area contributed by atoms with Gasteiger partial charge in [0, 0.05) is 6.20 Å². The van der Waals surface area contributed by atoms with Crippen LogP contribution in [0.25, 0.3) is 0 Å². The van der Waals surface area contributed by atoms with Crippen LogP contribution in [-0.2, 0) is 0 Å². The maximum atomic E-state index is 5.70. The fraction of sp³-hybridized carbons (Fsp3) is 0.389. The lowest BCUT2D eigenvalue weighted by atomic mass is 10.00. The molecule has 0 aliphatic carbocycles. The minimum absolute atomic E-state index is 0.115. The predicted octanol–water partition coefficient (Wildman–Crippen LogP) is 3.88. The topological polar surface area (TPSA) is 34.1 Å². The average Bonchev–Trinajstić information content (AvgIpc) is 2.46. The number of aromatic nitrogens is 1. The molecule has 1 aromatic carbocycles. The zero-order valence-corrected chi connectivity index (χ0v) is 13.3. The molecule has 1 heterocycles. The van der Waals surface area contributed by atoms with E-state index in [1.807, 2.05) is 38.2 Å². The van der Waals surface area contributed by atoms with Gasteiger partial charge in [0.1, 0.15) is 5.75 Å². The Hall–Kier alpha value is -1.87. The molecule has 0 fully saturated rings. The van der Waals surface area contributed by atoms with Crippen molar-refractivity contribution in [3.8, 4) is 5.75 Å². The lowest BCUT2D eigenvalue weighted by Crippen LogP contribution is -2.23. The van der Waals surface area contributed by atoms with Crippen LogP contribution < -0.4 is 10.1 Å². The molecular weight excluding hydrogens is 260 g/mol. The molecule has 2 rings (SSSR count). The van der Waals surface area contributed by atoms with Gasteiger partial charge in [-0.1, -0.05) is 25.1 Å². The number of pyridine rings is 1. The summed E-state index contributed by atoms with van der Waals surface area (Å²) in [5, 5.41) is 3.51. The van der Waals surface area contributed by atoms with Gasteiger partial charge in [0.05, 0.1) is 17.8 Å². The minimum Gasteiger partial charge on any atom is -0.491 e. The van der Waals surface area contributed by atoms with Gasteiger partial charge in [-0.05, 0) is 56.6 Å². The van der Waals surface area contributed by atoms with E-state index in [4.69, 9.17) is 4.74 Å². The van der Waals surface area contributed by atoms with Gasteiger partial charge in [0.15, 0.2) is 0 Å². The highest BCUT2D eigenvalue weighted by Crippen LogP contribution is 2.25. The van der Waals surface area contributed by atoms with Crippen LogP contribution in [0, 0.1) is 6.92 Å². The van der Waals surface area contributed by atoms with Gasteiger partial charge >= 0.3 is 0 Å². The molecule has 0 bridgehead atoms. The van der Waals surface area contributed by atoms with E-state index in [-0.39, 0.29) is 12.1 Å². The molecule has 0 saturated heterocycles. The molecule has 1 atom stereocenters. The Balaban J connectivity index is 2.28. The van der Waals surface area contributed by atoms with Crippen molar-refractivity contribution in [2.45, 2.75) is 39.8 Å². The first-order valence-corrected chi connectivity index (χ1v) is 7.53. The maximum absolute atomic E-state index is 5.70. The first kappa shape index (κ1) is 15.5. The Morgan fingerprint density at radius 1 is 1.14 bits per heavy atom. The Morgan fingerprint density at radius 3 is 2.43 bits per heavy atom. The van der Waals surface area contributed by atoms with E-state index < -0.39 is 0 Å². The minimum atomic E-state index is 0.115. The number of benzene rings is 1. The van der Waals surface area contributed by atoms with Gasteiger partial charge in [-0.3, -0.25) is 4.98 Å². The van der Waals surface area contributed by atoms with Crippen LogP contribution in [-0.4, -0.2) is 17.6 Å². The largest absolute Gasteiger partial charge is 0.491 e. The second-order valence-corrected chi connectivity index (χ2v) is 5.43. The van der Waals surface area contributed by atoms with E-state index >= 15 is 0 Å². The molecule has 0 saturated carbocycles. The summed E-state index contributed by atoms with van der Waals surface area (Å²) in [6, 6.07) is 12.5. The van der Waals surface area contributed by atoms with E-state index in [9.17, 15) is 0 Å². The molecule has 1 unspecified atom stereocenters. The van der Waals surface area contributed by atoms with E-state index in [1.54, 1.807) is 0 Å². The van der Waals surface area contributed by atoms with Gasteiger partial charge in [0.25, 0.3) is 0 Å². The molecule has 1 aromatic heterocycles. The fourth-order valence-electron chi connectivity index (χ4n) is 2.39. The average molecular weight is 284 g/mol. The quantitative estimate of drug-likeness (QED) is 0.874. The van der Waals surface area contributed by atoms with E-state index in [0.29, 0.717) is 0 Å². The molecule has 1 N–H and O–H groups in total. The van der Waals surface area contributed by atoms with Crippen molar-refractivity contribution < 1.29 is 4.74 Å². The molecule has 2 aromatic rings. The Bertz CT molecular complexity index is 564. The normalized spacial score (nSPS) is 12.4. The van der Waals surface area contributed by atoms with Crippen LogP contribution in [0.5, 0.6) is 5.75 Å². The zero-order valence-electron chi connectivity index (χ0n) is 13.3. The number of hydrogen-bond donors (Lipinski definition) is 1. The summed E-state index contributed by atoms with van der Waals surface area (Å²) in [5.41, 5.74) is 3.48. The van der Waals surface area contributed by atoms with Crippen molar-refractivity contribution in [2.24, 2.45) is 0 Å². The summed E-state index contributed by atoms with van der Waals surface area (Å²) >= 11 is 0. The molecule has 0 radical (unpaired) electrons. The van der Waals surface area contributed by atoms with E-state index in [2.05, 4.69) is 42.3 Å². The molecule has 0 aliphatic heterocycles. The predicted molar refractivity (Wildman–Crippen MR) is 86.7 cm³/mol. The van der Waals surface area contributed by atoms with Crippen molar-refractivity contribution in [1.29, 1.82) is 0 Å². The molecule has 0 aliphatic rings. The standard InChI is InChI=1S/C18H24N2O/c1-5-19-18(17-14(4)7-6-12-20-17)15-8-10-16(11-9-15)21-13(2)3/h6-13,18-19H,5H2,1-4H3. The van der Waals surface area contributed by atoms with Crippen molar-refractivity contribution >= 4 is 0 Å². The van der Waals surface area contributed by atoms with Gasteiger partial charge in [0.2, 0.25) is 0 Å². The summed E-state index contributed by atoms with van der Waals surface area (Å²) < 4.78 is 5.70. The highest BCUT2D eigenvalue weighted by Gasteiger charge is 2.16. The Kier molecular flexibility index (Phi) is 5.34. The molecule has 3 heteroatoms. The molecule has 0 spiro atoms. The smallest absolute Gasteiger partial charge is 0.119 e. The summed E-state index contributed by atoms with van der Waals surface area (Å²) in [6.45, 7) is 9.18. The fourth-order valence-corrected chi connectivity index (χ4v) is 2.39.